The van der Waals surface area contributed by atoms with Crippen molar-refractivity contribution < 1.29 is 1.43 Å². The van der Waals surface area contributed by atoms with Crippen molar-refractivity contribution in [2.75, 3.05) is 5.73 Å². The molecular formula is C8H15N. The van der Waals surface area contributed by atoms with Crippen LogP contribution in [0.3, 0.4) is 0 Å². The Kier molecular flexibility index (Phi) is 4.60. The van der Waals surface area contributed by atoms with E-state index in [-0.39, 0.29) is 1.43 Å². The molecule has 0 saturated heterocycles. The summed E-state index contributed by atoms with van der Waals surface area (Å²) in [6.07, 6.45) is 0. The molecule has 0 amide bonds. The first-order valence-electron chi connectivity index (χ1n) is 3.20. The third-order valence-corrected chi connectivity index (χ3v) is 0.800. The van der Waals surface area contributed by atoms with Crippen LogP contribution in [0.5, 0.6) is 0 Å². The van der Waals surface area contributed by atoms with Gasteiger partial charge in [-0.2, -0.15) is 0 Å². The van der Waals surface area contributed by atoms with Crippen LogP contribution in [0.15, 0.2) is 30.3 Å². The number of rotatable bonds is 0. The van der Waals surface area contributed by atoms with Crippen molar-refractivity contribution >= 4 is 5.69 Å². The minimum absolute atomic E-state index is 0. The van der Waals surface area contributed by atoms with Crippen molar-refractivity contribution in [1.82, 2.24) is 0 Å². The zero-order valence-corrected chi connectivity index (χ0v) is 5.96. The van der Waals surface area contributed by atoms with Crippen LogP contribution in [0.25, 0.3) is 0 Å². The fourth-order valence-electron chi connectivity index (χ4n) is 0.453. The number of para-hydroxylation sites is 1. The number of nitrogens with two attached hydrogens (primary N) is 1. The van der Waals surface area contributed by atoms with Gasteiger partial charge in [0, 0.05) is 7.11 Å². The number of nitrogen functional groups attached to an aromatic ring is 1. The van der Waals surface area contributed by atoms with Gasteiger partial charge in [0.15, 0.2) is 0 Å². The van der Waals surface area contributed by atoms with Crippen LogP contribution < -0.4 is 5.73 Å². The highest BCUT2D eigenvalue weighted by Gasteiger charge is 1.72. The summed E-state index contributed by atoms with van der Waals surface area (Å²) in [5.74, 6) is 0. The standard InChI is InChI=1S/C6H7N.C2H6.H2/c7-6-4-2-1-3-5-6;1-2;/h1-5H,7H2;1-2H3;1H. The highest BCUT2D eigenvalue weighted by atomic mass is 14.5. The van der Waals surface area contributed by atoms with E-state index in [4.69, 9.17) is 5.73 Å². The Balaban J connectivity index is 0. The second-order valence-corrected chi connectivity index (χ2v) is 1.41. The van der Waals surface area contributed by atoms with Gasteiger partial charge in [0.25, 0.3) is 0 Å². The van der Waals surface area contributed by atoms with Crippen molar-refractivity contribution in [3.8, 4) is 0 Å². The molecule has 0 saturated carbocycles. The van der Waals surface area contributed by atoms with Crippen LogP contribution in [0.4, 0.5) is 5.69 Å². The van der Waals surface area contributed by atoms with Crippen LogP contribution >= 0.6 is 0 Å². The lowest BCUT2D eigenvalue weighted by Gasteiger charge is -1.83. The van der Waals surface area contributed by atoms with Gasteiger partial charge >= 0.3 is 0 Å². The molecule has 0 bridgehead atoms. The van der Waals surface area contributed by atoms with Gasteiger partial charge < -0.3 is 5.73 Å². The molecule has 1 heteroatoms. The maximum absolute atomic E-state index is 5.36. The molecule has 0 spiro atoms. The molecule has 0 radical (unpaired) electrons. The predicted molar refractivity (Wildman–Crippen MR) is 44.3 cm³/mol. The second-order valence-electron chi connectivity index (χ2n) is 1.41. The first kappa shape index (κ1) is 8.02. The van der Waals surface area contributed by atoms with E-state index in [1.807, 2.05) is 44.2 Å². The predicted octanol–water partition coefficient (Wildman–Crippen LogP) is 2.54. The fraction of sp³-hybridized carbons (Fsp3) is 0.250. The van der Waals surface area contributed by atoms with Crippen LogP contribution in [-0.2, 0) is 0 Å². The maximum Gasteiger partial charge on any atom is 0.0313 e. The first-order valence-corrected chi connectivity index (χ1v) is 3.20. The van der Waals surface area contributed by atoms with Crippen LogP contribution in [0, 0.1) is 0 Å². The van der Waals surface area contributed by atoms with Gasteiger partial charge in [-0.05, 0) is 12.1 Å². The molecule has 2 N–H and O–H groups in total. The van der Waals surface area contributed by atoms with E-state index >= 15 is 0 Å². The molecular weight excluding hydrogens is 110 g/mol. The number of hydrogen-bond acceptors (Lipinski definition) is 1. The van der Waals surface area contributed by atoms with Gasteiger partial charge in [-0.25, -0.2) is 0 Å². The molecule has 0 aliphatic carbocycles. The summed E-state index contributed by atoms with van der Waals surface area (Å²) in [6.45, 7) is 4.00. The molecule has 52 valence electrons. The highest BCUT2D eigenvalue weighted by Crippen LogP contribution is 1.95. The van der Waals surface area contributed by atoms with Crippen molar-refractivity contribution in [3.63, 3.8) is 0 Å². The van der Waals surface area contributed by atoms with Gasteiger partial charge in [-0.3, -0.25) is 0 Å². The summed E-state index contributed by atoms with van der Waals surface area (Å²) in [7, 11) is 0. The average Bonchev–Trinajstić information content (AvgIpc) is 1.94. The number of hydrogen-bond donors (Lipinski definition) is 1. The lowest BCUT2D eigenvalue weighted by Crippen LogP contribution is -1.79. The summed E-state index contributed by atoms with van der Waals surface area (Å²) >= 11 is 0. The van der Waals surface area contributed by atoms with Crippen molar-refractivity contribution in [2.45, 2.75) is 13.8 Å². The normalized spacial score (nSPS) is 7.33. The maximum atomic E-state index is 5.36. The third kappa shape index (κ3) is 3.59. The highest BCUT2D eigenvalue weighted by molar-refractivity contribution is 5.35. The smallest absolute Gasteiger partial charge is 0.0313 e. The Morgan fingerprint density at radius 2 is 1.56 bits per heavy atom. The van der Waals surface area contributed by atoms with E-state index in [0.717, 1.165) is 5.69 Å². The Morgan fingerprint density at radius 3 is 1.78 bits per heavy atom. The van der Waals surface area contributed by atoms with Gasteiger partial charge in [0.05, 0.1) is 0 Å². The Morgan fingerprint density at radius 1 is 1.11 bits per heavy atom. The Hall–Kier alpha value is -0.980. The monoisotopic (exact) mass is 125 g/mol. The van der Waals surface area contributed by atoms with Gasteiger partial charge in [0.2, 0.25) is 0 Å². The fourth-order valence-corrected chi connectivity index (χ4v) is 0.453. The number of benzene rings is 1. The van der Waals surface area contributed by atoms with E-state index < -0.39 is 0 Å². The molecule has 1 aromatic rings. The van der Waals surface area contributed by atoms with Crippen LogP contribution in [-0.4, -0.2) is 0 Å². The van der Waals surface area contributed by atoms with Crippen LogP contribution in [0.2, 0.25) is 0 Å². The molecule has 0 atom stereocenters. The minimum Gasteiger partial charge on any atom is -0.399 e. The van der Waals surface area contributed by atoms with Gasteiger partial charge in [-0.15, -0.1) is 0 Å². The summed E-state index contributed by atoms with van der Waals surface area (Å²) in [6, 6.07) is 9.49. The summed E-state index contributed by atoms with van der Waals surface area (Å²) in [4.78, 5) is 0. The summed E-state index contributed by atoms with van der Waals surface area (Å²) in [5.41, 5.74) is 6.18. The molecule has 1 aromatic carbocycles. The second kappa shape index (κ2) is 5.16. The average molecular weight is 125 g/mol. The zero-order valence-electron chi connectivity index (χ0n) is 5.96. The zero-order chi connectivity index (χ0) is 7.11. The summed E-state index contributed by atoms with van der Waals surface area (Å²) < 4.78 is 0. The third-order valence-electron chi connectivity index (χ3n) is 0.800. The largest absolute Gasteiger partial charge is 0.399 e. The molecule has 0 aliphatic rings. The molecule has 0 unspecified atom stereocenters. The molecule has 1 nitrogen and oxygen atoms in total. The quantitative estimate of drug-likeness (QED) is 0.530. The Labute approximate surface area is 58.0 Å². The van der Waals surface area contributed by atoms with E-state index in [1.54, 1.807) is 0 Å². The Bertz CT molecular complexity index is 139. The van der Waals surface area contributed by atoms with Crippen LogP contribution in [0.1, 0.15) is 15.3 Å². The van der Waals surface area contributed by atoms with E-state index in [2.05, 4.69) is 0 Å². The molecule has 0 heterocycles. The van der Waals surface area contributed by atoms with Crippen molar-refractivity contribution in [3.05, 3.63) is 30.3 Å². The first-order chi connectivity index (χ1) is 4.39. The van der Waals surface area contributed by atoms with Crippen molar-refractivity contribution in [1.29, 1.82) is 0 Å². The van der Waals surface area contributed by atoms with Gasteiger partial charge in [-0.1, -0.05) is 32.0 Å². The van der Waals surface area contributed by atoms with E-state index in [0.29, 0.717) is 0 Å². The van der Waals surface area contributed by atoms with Crippen molar-refractivity contribution in [2.24, 2.45) is 0 Å². The lowest BCUT2D eigenvalue weighted by atomic mass is 10.3. The lowest BCUT2D eigenvalue weighted by molar-refractivity contribution is 1.50. The molecule has 9 heavy (non-hydrogen) atoms. The molecule has 0 fully saturated rings. The van der Waals surface area contributed by atoms with E-state index in [9.17, 15) is 0 Å². The minimum atomic E-state index is 0. The summed E-state index contributed by atoms with van der Waals surface area (Å²) in [5, 5.41) is 0. The van der Waals surface area contributed by atoms with Gasteiger partial charge in [0.1, 0.15) is 0 Å². The molecule has 0 aromatic heterocycles. The number of anilines is 1. The molecule has 0 aliphatic heterocycles. The molecule has 1 rings (SSSR count). The van der Waals surface area contributed by atoms with E-state index in [1.165, 1.54) is 0 Å². The SMILES string of the molecule is CC.Nc1ccccc1.[HH]. The topological polar surface area (TPSA) is 26.0 Å².